The number of ether oxygens (including phenoxy) is 1. The third-order valence-electron chi connectivity index (χ3n) is 2.02. The molecule has 0 saturated carbocycles. The van der Waals surface area contributed by atoms with Gasteiger partial charge in [-0.2, -0.15) is 11.8 Å². The summed E-state index contributed by atoms with van der Waals surface area (Å²) in [4.78, 5) is 11.5. The summed E-state index contributed by atoms with van der Waals surface area (Å²) in [5.41, 5.74) is 0. The molecule has 0 heterocycles. The van der Waals surface area contributed by atoms with Crippen molar-refractivity contribution in [2.24, 2.45) is 5.92 Å². The maximum Gasteiger partial charge on any atom is 0.322 e. The summed E-state index contributed by atoms with van der Waals surface area (Å²) in [5.74, 6) is 2.70. The van der Waals surface area contributed by atoms with E-state index in [1.807, 2.05) is 25.6 Å². The highest BCUT2D eigenvalue weighted by molar-refractivity contribution is 7.99. The van der Waals surface area contributed by atoms with E-state index in [2.05, 4.69) is 19.2 Å². The molecule has 0 aliphatic rings. The van der Waals surface area contributed by atoms with Gasteiger partial charge in [-0.15, -0.1) is 0 Å². The summed E-state index contributed by atoms with van der Waals surface area (Å²) >= 11 is 1.90. The second-order valence-corrected chi connectivity index (χ2v) is 5.80. The van der Waals surface area contributed by atoms with Crippen molar-refractivity contribution < 1.29 is 9.53 Å². The molecule has 16 heavy (non-hydrogen) atoms. The predicted octanol–water partition coefficient (Wildman–Crippen LogP) is 2.31. The number of hydrogen-bond donors (Lipinski definition) is 1. The highest BCUT2D eigenvalue weighted by atomic mass is 32.2. The van der Waals surface area contributed by atoms with Crippen molar-refractivity contribution in [3.05, 3.63) is 0 Å². The second kappa shape index (κ2) is 8.88. The first kappa shape index (κ1) is 15.8. The van der Waals surface area contributed by atoms with Gasteiger partial charge in [0, 0.05) is 6.04 Å². The van der Waals surface area contributed by atoms with Crippen LogP contribution in [0.15, 0.2) is 0 Å². The number of rotatable bonds is 8. The van der Waals surface area contributed by atoms with Crippen LogP contribution in [0.2, 0.25) is 0 Å². The summed E-state index contributed by atoms with van der Waals surface area (Å²) in [5, 5.41) is 3.23. The van der Waals surface area contributed by atoms with E-state index in [-0.39, 0.29) is 12.0 Å². The van der Waals surface area contributed by atoms with Crippen LogP contribution in [-0.2, 0) is 9.53 Å². The molecule has 0 aliphatic heterocycles. The molecule has 3 nitrogen and oxygen atoms in total. The standard InChI is InChI=1S/C12H25NO2S/c1-9(2)8-16-7-6-11(12(14)15-5)13-10(3)4/h9-11,13H,6-8H2,1-5H3. The molecule has 0 radical (unpaired) electrons. The number of methoxy groups -OCH3 is 1. The number of thioether (sulfide) groups is 1. The molecule has 0 bridgehead atoms. The number of nitrogens with one attached hydrogen (secondary N) is 1. The van der Waals surface area contributed by atoms with Crippen molar-refractivity contribution >= 4 is 17.7 Å². The Hall–Kier alpha value is -0.220. The van der Waals surface area contributed by atoms with Crippen LogP contribution in [0.1, 0.15) is 34.1 Å². The fourth-order valence-electron chi connectivity index (χ4n) is 1.33. The molecule has 1 N–H and O–H groups in total. The zero-order valence-electron chi connectivity index (χ0n) is 11.1. The Bertz CT molecular complexity index is 195. The molecule has 0 aromatic rings. The number of carbonyl (C=O) groups excluding carboxylic acids is 1. The average molecular weight is 247 g/mol. The summed E-state index contributed by atoms with van der Waals surface area (Å²) in [6.07, 6.45) is 0.836. The summed E-state index contributed by atoms with van der Waals surface area (Å²) in [6.45, 7) is 8.49. The molecule has 96 valence electrons. The molecule has 0 rings (SSSR count). The first-order valence-electron chi connectivity index (χ1n) is 5.89. The Labute approximate surface area is 104 Å². The minimum atomic E-state index is -0.162. The molecular formula is C12H25NO2S. The van der Waals surface area contributed by atoms with Crippen LogP contribution in [0, 0.1) is 5.92 Å². The quantitative estimate of drug-likeness (QED) is 0.527. The Kier molecular flexibility index (Phi) is 8.76. The van der Waals surface area contributed by atoms with Gasteiger partial charge < -0.3 is 10.1 Å². The molecule has 0 aromatic heterocycles. The van der Waals surface area contributed by atoms with Gasteiger partial charge in [-0.05, 0) is 23.8 Å². The second-order valence-electron chi connectivity index (χ2n) is 4.65. The van der Waals surface area contributed by atoms with Crippen LogP contribution < -0.4 is 5.32 Å². The maximum absolute atomic E-state index is 11.5. The van der Waals surface area contributed by atoms with Gasteiger partial charge in [0.1, 0.15) is 6.04 Å². The van der Waals surface area contributed by atoms with Crippen molar-refractivity contribution in [1.82, 2.24) is 5.32 Å². The lowest BCUT2D eigenvalue weighted by Gasteiger charge is -2.18. The van der Waals surface area contributed by atoms with E-state index in [1.165, 1.54) is 7.11 Å². The first-order valence-corrected chi connectivity index (χ1v) is 7.04. The molecule has 0 spiro atoms. The molecule has 0 saturated heterocycles. The van der Waals surface area contributed by atoms with E-state index >= 15 is 0 Å². The average Bonchev–Trinajstić information content (AvgIpc) is 2.20. The van der Waals surface area contributed by atoms with Crippen molar-refractivity contribution in [1.29, 1.82) is 0 Å². The summed E-state index contributed by atoms with van der Waals surface area (Å²) in [7, 11) is 1.44. The molecular weight excluding hydrogens is 222 g/mol. The van der Waals surface area contributed by atoms with Crippen molar-refractivity contribution in [2.45, 2.75) is 46.2 Å². The van der Waals surface area contributed by atoms with E-state index in [0.717, 1.165) is 17.9 Å². The van der Waals surface area contributed by atoms with E-state index in [9.17, 15) is 4.79 Å². The van der Waals surface area contributed by atoms with Crippen molar-refractivity contribution in [3.63, 3.8) is 0 Å². The zero-order valence-corrected chi connectivity index (χ0v) is 11.9. The van der Waals surface area contributed by atoms with Crippen molar-refractivity contribution in [2.75, 3.05) is 18.6 Å². The highest BCUT2D eigenvalue weighted by Crippen LogP contribution is 2.11. The van der Waals surface area contributed by atoms with Crippen LogP contribution in [-0.4, -0.2) is 36.7 Å². The molecule has 1 atom stereocenters. The Morgan fingerprint density at radius 2 is 1.94 bits per heavy atom. The molecule has 0 aliphatic carbocycles. The minimum absolute atomic E-state index is 0.154. The van der Waals surface area contributed by atoms with Gasteiger partial charge in [0.2, 0.25) is 0 Å². The normalized spacial score (nSPS) is 13.2. The first-order chi connectivity index (χ1) is 7.47. The van der Waals surface area contributed by atoms with Crippen LogP contribution in [0.5, 0.6) is 0 Å². The van der Waals surface area contributed by atoms with E-state index < -0.39 is 0 Å². The SMILES string of the molecule is COC(=O)C(CCSCC(C)C)NC(C)C. The molecule has 0 amide bonds. The lowest BCUT2D eigenvalue weighted by atomic mass is 10.2. The molecule has 0 fully saturated rings. The van der Waals surface area contributed by atoms with Crippen LogP contribution in [0.3, 0.4) is 0 Å². The topological polar surface area (TPSA) is 38.3 Å². The van der Waals surface area contributed by atoms with Gasteiger partial charge in [-0.1, -0.05) is 27.7 Å². The van der Waals surface area contributed by atoms with E-state index in [0.29, 0.717) is 12.0 Å². The molecule has 0 aromatic carbocycles. The van der Waals surface area contributed by atoms with E-state index in [4.69, 9.17) is 4.74 Å². The fourth-order valence-corrected chi connectivity index (χ4v) is 2.37. The zero-order chi connectivity index (χ0) is 12.6. The molecule has 4 heteroatoms. The van der Waals surface area contributed by atoms with E-state index in [1.54, 1.807) is 0 Å². The fraction of sp³-hybridized carbons (Fsp3) is 0.917. The summed E-state index contributed by atoms with van der Waals surface area (Å²) < 4.78 is 4.78. The van der Waals surface area contributed by atoms with Gasteiger partial charge in [0.05, 0.1) is 7.11 Å². The van der Waals surface area contributed by atoms with Gasteiger partial charge in [0.25, 0.3) is 0 Å². The Balaban J connectivity index is 3.88. The maximum atomic E-state index is 11.5. The Morgan fingerprint density at radius 3 is 2.38 bits per heavy atom. The van der Waals surface area contributed by atoms with Gasteiger partial charge >= 0.3 is 5.97 Å². The van der Waals surface area contributed by atoms with Gasteiger partial charge in [0.15, 0.2) is 0 Å². The lowest BCUT2D eigenvalue weighted by Crippen LogP contribution is -2.42. The number of hydrogen-bond acceptors (Lipinski definition) is 4. The van der Waals surface area contributed by atoms with Crippen LogP contribution in [0.25, 0.3) is 0 Å². The largest absolute Gasteiger partial charge is 0.468 e. The third-order valence-corrected chi connectivity index (χ3v) is 3.45. The molecule has 1 unspecified atom stereocenters. The number of carbonyl (C=O) groups is 1. The monoisotopic (exact) mass is 247 g/mol. The van der Waals surface area contributed by atoms with Gasteiger partial charge in [-0.3, -0.25) is 4.79 Å². The van der Waals surface area contributed by atoms with Gasteiger partial charge in [-0.25, -0.2) is 0 Å². The highest BCUT2D eigenvalue weighted by Gasteiger charge is 2.19. The Morgan fingerprint density at radius 1 is 1.31 bits per heavy atom. The minimum Gasteiger partial charge on any atom is -0.468 e. The van der Waals surface area contributed by atoms with Crippen LogP contribution in [0.4, 0.5) is 0 Å². The smallest absolute Gasteiger partial charge is 0.322 e. The number of esters is 1. The third kappa shape index (κ3) is 7.99. The van der Waals surface area contributed by atoms with Crippen molar-refractivity contribution in [3.8, 4) is 0 Å². The lowest BCUT2D eigenvalue weighted by molar-refractivity contribution is -0.143. The predicted molar refractivity (Wildman–Crippen MR) is 70.9 cm³/mol. The van der Waals surface area contributed by atoms with Crippen LogP contribution >= 0.6 is 11.8 Å². The summed E-state index contributed by atoms with van der Waals surface area (Å²) in [6, 6.07) is 0.142.